The van der Waals surface area contributed by atoms with Gasteiger partial charge in [-0.15, -0.1) is 0 Å². The number of carboxylic acids is 2. The van der Waals surface area contributed by atoms with Crippen molar-refractivity contribution < 1.29 is 41.2 Å². The Morgan fingerprint density at radius 3 is 2.24 bits per heavy atom. The van der Waals surface area contributed by atoms with E-state index in [-0.39, 0.29) is 5.75 Å². The minimum atomic E-state index is -4.55. The van der Waals surface area contributed by atoms with Gasteiger partial charge in [0.2, 0.25) is 0 Å². The fourth-order valence-corrected chi connectivity index (χ4v) is 5.77. The minimum Gasteiger partial charge on any atom is -0.473 e. The fourth-order valence-electron chi connectivity index (χ4n) is 4.76. The van der Waals surface area contributed by atoms with Gasteiger partial charge in [-0.3, -0.25) is 0 Å². The number of halogens is 2. The van der Waals surface area contributed by atoms with Crippen LogP contribution in [0.25, 0.3) is 10.9 Å². The lowest BCUT2D eigenvalue weighted by Crippen LogP contribution is -2.29. The first-order chi connectivity index (χ1) is 19.5. The SMILES string of the molecule is CN1CCC(c2cn(Cc3ccccc3)c3ccc(OS(=O)(=O)c4cccc(F)c4F)cc23)CC1.O=C(O)C(=O)O. The van der Waals surface area contributed by atoms with Crippen molar-refractivity contribution in [3.63, 3.8) is 0 Å². The molecule has 12 heteroatoms. The first-order valence-corrected chi connectivity index (χ1v) is 14.1. The Hall–Kier alpha value is -4.29. The Bertz CT molecular complexity index is 1650. The number of nitrogens with zero attached hydrogens (tertiary/aromatic N) is 2. The van der Waals surface area contributed by atoms with Crippen LogP contribution in [0.5, 0.6) is 5.75 Å². The Kier molecular flexibility index (Phi) is 9.04. The van der Waals surface area contributed by atoms with Gasteiger partial charge in [0.1, 0.15) is 10.6 Å². The van der Waals surface area contributed by atoms with Gasteiger partial charge in [0, 0.05) is 23.6 Å². The topological polar surface area (TPSA) is 126 Å². The lowest BCUT2D eigenvalue weighted by atomic mass is 9.89. The van der Waals surface area contributed by atoms with E-state index in [9.17, 15) is 17.2 Å². The molecule has 0 atom stereocenters. The molecule has 2 N–H and O–H groups in total. The van der Waals surface area contributed by atoms with Crippen molar-refractivity contribution in [2.75, 3.05) is 20.1 Å². The van der Waals surface area contributed by atoms with E-state index in [1.165, 1.54) is 0 Å². The molecular formula is C29H28F2N2O7S. The van der Waals surface area contributed by atoms with Gasteiger partial charge in [0.25, 0.3) is 0 Å². The zero-order valence-corrected chi connectivity index (χ0v) is 22.9. The number of hydrogen-bond acceptors (Lipinski definition) is 6. The lowest BCUT2D eigenvalue weighted by molar-refractivity contribution is -0.159. The fraction of sp³-hybridized carbons (Fsp3) is 0.241. The van der Waals surface area contributed by atoms with Crippen LogP contribution in [0, 0.1) is 11.6 Å². The molecule has 0 amide bonds. The van der Waals surface area contributed by atoms with Crippen LogP contribution >= 0.6 is 0 Å². The van der Waals surface area contributed by atoms with Crippen LogP contribution in [-0.4, -0.2) is 60.2 Å². The van der Waals surface area contributed by atoms with E-state index in [0.29, 0.717) is 12.5 Å². The Morgan fingerprint density at radius 1 is 0.951 bits per heavy atom. The molecule has 41 heavy (non-hydrogen) atoms. The van der Waals surface area contributed by atoms with E-state index in [1.54, 1.807) is 12.1 Å². The first kappa shape index (κ1) is 29.7. The maximum absolute atomic E-state index is 14.2. The molecule has 9 nitrogen and oxygen atoms in total. The van der Waals surface area contributed by atoms with Crippen molar-refractivity contribution in [1.29, 1.82) is 0 Å². The zero-order chi connectivity index (χ0) is 29.7. The van der Waals surface area contributed by atoms with Crippen LogP contribution in [0.3, 0.4) is 0 Å². The summed E-state index contributed by atoms with van der Waals surface area (Å²) in [7, 11) is -2.44. The first-order valence-electron chi connectivity index (χ1n) is 12.7. The zero-order valence-electron chi connectivity index (χ0n) is 22.0. The van der Waals surface area contributed by atoms with E-state index in [1.807, 2.05) is 24.3 Å². The van der Waals surface area contributed by atoms with Crippen LogP contribution < -0.4 is 4.18 Å². The molecule has 0 bridgehead atoms. The predicted molar refractivity (Wildman–Crippen MR) is 146 cm³/mol. The number of aliphatic carboxylic acids is 2. The monoisotopic (exact) mass is 586 g/mol. The highest BCUT2D eigenvalue weighted by atomic mass is 32.2. The summed E-state index contributed by atoms with van der Waals surface area (Å²) in [5, 5.41) is 15.7. The van der Waals surface area contributed by atoms with Crippen LogP contribution in [0.1, 0.15) is 29.9 Å². The van der Waals surface area contributed by atoms with Crippen LogP contribution in [0.4, 0.5) is 8.78 Å². The largest absolute Gasteiger partial charge is 0.473 e. The van der Waals surface area contributed by atoms with Crippen LogP contribution in [0.15, 0.2) is 77.8 Å². The number of aromatic nitrogens is 1. The molecule has 1 aliphatic heterocycles. The highest BCUT2D eigenvalue weighted by molar-refractivity contribution is 7.87. The van der Waals surface area contributed by atoms with Crippen molar-refractivity contribution >= 4 is 33.0 Å². The van der Waals surface area contributed by atoms with E-state index < -0.39 is 38.6 Å². The number of hydrogen-bond donors (Lipinski definition) is 2. The normalized spacial score (nSPS) is 14.3. The number of carbonyl (C=O) groups is 2. The smallest absolute Gasteiger partial charge is 0.414 e. The molecule has 0 saturated carbocycles. The Morgan fingerprint density at radius 2 is 1.61 bits per heavy atom. The number of likely N-dealkylation sites (tertiary alicyclic amines) is 1. The van der Waals surface area contributed by atoms with Gasteiger partial charge in [0.05, 0.1) is 0 Å². The molecule has 1 fully saturated rings. The van der Waals surface area contributed by atoms with Crippen molar-refractivity contribution in [2.24, 2.45) is 0 Å². The molecule has 0 unspecified atom stereocenters. The van der Waals surface area contributed by atoms with E-state index >= 15 is 0 Å². The molecule has 1 saturated heterocycles. The molecule has 1 aromatic heterocycles. The third-order valence-electron chi connectivity index (χ3n) is 6.81. The van der Waals surface area contributed by atoms with E-state index in [4.69, 9.17) is 24.0 Å². The summed E-state index contributed by atoms with van der Waals surface area (Å²) in [6, 6.07) is 18.2. The summed E-state index contributed by atoms with van der Waals surface area (Å²) in [6.45, 7) is 2.65. The third kappa shape index (κ3) is 7.08. The quantitative estimate of drug-likeness (QED) is 0.246. The average Bonchev–Trinajstić information content (AvgIpc) is 3.28. The molecule has 0 aliphatic carbocycles. The van der Waals surface area contributed by atoms with Gasteiger partial charge in [-0.1, -0.05) is 36.4 Å². The lowest BCUT2D eigenvalue weighted by Gasteiger charge is -2.28. The molecule has 3 aromatic carbocycles. The number of benzene rings is 3. The molecular weight excluding hydrogens is 558 g/mol. The van der Waals surface area contributed by atoms with Crippen molar-refractivity contribution in [1.82, 2.24) is 9.47 Å². The number of carboxylic acid groups (broad SMARTS) is 2. The summed E-state index contributed by atoms with van der Waals surface area (Å²) >= 11 is 0. The van der Waals surface area contributed by atoms with Gasteiger partial charge in [0.15, 0.2) is 11.6 Å². The van der Waals surface area contributed by atoms with Gasteiger partial charge in [-0.25, -0.2) is 18.4 Å². The molecule has 4 aromatic rings. The van der Waals surface area contributed by atoms with Gasteiger partial charge in [-0.2, -0.15) is 8.42 Å². The van der Waals surface area contributed by atoms with Crippen molar-refractivity contribution in [2.45, 2.75) is 30.2 Å². The summed E-state index contributed by atoms with van der Waals surface area (Å²) in [6.07, 6.45) is 4.15. The molecule has 5 rings (SSSR count). The Labute approximate surface area is 235 Å². The third-order valence-corrected chi connectivity index (χ3v) is 8.08. The summed E-state index contributed by atoms with van der Waals surface area (Å²) in [5.41, 5.74) is 3.26. The van der Waals surface area contributed by atoms with Gasteiger partial charge in [-0.05, 0) is 80.4 Å². The standard InChI is InChI=1S/C27H26F2N2O3S.C2H2O4/c1-30-14-12-20(13-15-30)23-18-31(17-19-6-3-2-4-7-19)25-11-10-21(16-22(23)25)34-35(32,33)26-9-5-8-24(28)27(26)29;3-1(4)2(5)6/h2-11,16,18,20H,12-15,17H2,1H3;(H,3,4)(H,5,6). The minimum absolute atomic E-state index is 0.0628. The molecule has 1 aliphatic rings. The summed E-state index contributed by atoms with van der Waals surface area (Å²) < 4.78 is 60.7. The number of fused-ring (bicyclic) bond motifs is 1. The molecule has 0 spiro atoms. The number of rotatable bonds is 6. The summed E-state index contributed by atoms with van der Waals surface area (Å²) in [4.78, 5) is 19.7. The second kappa shape index (κ2) is 12.5. The predicted octanol–water partition coefficient (Wildman–Crippen LogP) is 4.70. The average molecular weight is 587 g/mol. The summed E-state index contributed by atoms with van der Waals surface area (Å²) in [5.74, 6) is -5.95. The van der Waals surface area contributed by atoms with Crippen LogP contribution in [0.2, 0.25) is 0 Å². The maximum atomic E-state index is 14.2. The van der Waals surface area contributed by atoms with Gasteiger partial charge >= 0.3 is 22.1 Å². The molecule has 216 valence electrons. The van der Waals surface area contributed by atoms with Crippen molar-refractivity contribution in [3.8, 4) is 5.75 Å². The highest BCUT2D eigenvalue weighted by Gasteiger charge is 2.26. The maximum Gasteiger partial charge on any atom is 0.414 e. The molecule has 2 heterocycles. The van der Waals surface area contributed by atoms with E-state index in [0.717, 1.165) is 66.2 Å². The highest BCUT2D eigenvalue weighted by Crippen LogP contribution is 2.37. The Balaban J connectivity index is 0.000000585. The molecule has 0 radical (unpaired) electrons. The van der Waals surface area contributed by atoms with Gasteiger partial charge < -0.3 is 23.9 Å². The number of piperidine rings is 1. The van der Waals surface area contributed by atoms with E-state index in [2.05, 4.69) is 34.8 Å². The second-order valence-electron chi connectivity index (χ2n) is 9.65. The van der Waals surface area contributed by atoms with Crippen molar-refractivity contribution in [3.05, 3.63) is 95.7 Å². The van der Waals surface area contributed by atoms with Crippen LogP contribution in [-0.2, 0) is 26.3 Å². The second-order valence-corrected chi connectivity index (χ2v) is 11.2.